The number of aliphatic hydroxyl groups is 2. The first-order valence-electron chi connectivity index (χ1n) is 13.6. The van der Waals surface area contributed by atoms with Crippen molar-refractivity contribution in [2.45, 2.75) is 65.5 Å². The van der Waals surface area contributed by atoms with Gasteiger partial charge >= 0.3 is 0 Å². The highest BCUT2D eigenvalue weighted by Crippen LogP contribution is 2.62. The molecule has 1 aliphatic heterocycles. The average molecular weight is 650 g/mol. The van der Waals surface area contributed by atoms with Gasteiger partial charge in [-0.1, -0.05) is 13.0 Å². The number of pyridine rings is 2. The molecule has 6 rings (SSSR count). The van der Waals surface area contributed by atoms with Crippen LogP contribution in [0.3, 0.4) is 0 Å². The Morgan fingerprint density at radius 2 is 1.84 bits per heavy atom. The van der Waals surface area contributed by atoms with Crippen LogP contribution in [0, 0.1) is 26.2 Å². The number of piperidine rings is 1. The molecule has 43 heavy (non-hydrogen) atoms. The van der Waals surface area contributed by atoms with Crippen molar-refractivity contribution in [2.24, 2.45) is 5.41 Å². The van der Waals surface area contributed by atoms with Gasteiger partial charge in [-0.15, -0.1) is 0 Å². The van der Waals surface area contributed by atoms with Crippen LogP contribution in [0.5, 0.6) is 0 Å². The van der Waals surface area contributed by atoms with Gasteiger partial charge in [-0.25, -0.2) is 15.0 Å². The molecule has 14 heteroatoms. The predicted molar refractivity (Wildman–Crippen MR) is 158 cm³/mol. The van der Waals surface area contributed by atoms with Crippen LogP contribution in [0.2, 0.25) is 0 Å². The maximum Gasteiger partial charge on any atom is 0.278 e. The van der Waals surface area contributed by atoms with Crippen LogP contribution >= 0.6 is 15.9 Å². The van der Waals surface area contributed by atoms with E-state index in [1.54, 1.807) is 58.3 Å². The number of hydrogen-bond donors (Lipinski definition) is 3. The first kappa shape index (κ1) is 29.0. The number of likely N-dealkylation sites (tertiary alicyclic amines) is 1. The highest BCUT2D eigenvalue weighted by atomic mass is 79.9. The Bertz CT molecular complexity index is 1840. The number of hydrogen-bond acceptors (Lipinski definition) is 10. The van der Waals surface area contributed by atoms with Crippen LogP contribution in [0.1, 0.15) is 47.8 Å². The quantitative estimate of drug-likeness (QED) is 0.208. The van der Waals surface area contributed by atoms with Crippen molar-refractivity contribution >= 4 is 50.2 Å². The highest BCUT2D eigenvalue weighted by molar-refractivity contribution is 9.10. The zero-order chi connectivity index (χ0) is 31.0. The molecule has 1 saturated heterocycles. The molecule has 0 spiro atoms. The number of fused-ring (bicyclic) bond motifs is 2. The molecule has 3 N–H and O–H groups in total. The van der Waals surface area contributed by atoms with E-state index in [1.165, 1.54) is 11.6 Å². The van der Waals surface area contributed by atoms with Gasteiger partial charge in [0.2, 0.25) is 11.6 Å². The summed E-state index contributed by atoms with van der Waals surface area (Å²) in [6, 6.07) is 4.39. The number of aromatic nitrogens is 6. The lowest BCUT2D eigenvalue weighted by molar-refractivity contribution is -0.171. The number of rotatable bonds is 6. The second kappa shape index (κ2) is 9.96. The average Bonchev–Trinajstić information content (AvgIpc) is 3.21. The lowest BCUT2D eigenvalue weighted by Crippen LogP contribution is -2.59. The van der Waals surface area contributed by atoms with Crippen molar-refractivity contribution in [2.75, 3.05) is 5.32 Å². The van der Waals surface area contributed by atoms with E-state index in [4.69, 9.17) is 0 Å². The monoisotopic (exact) mass is 648 g/mol. The Morgan fingerprint density at radius 3 is 2.51 bits per heavy atom. The summed E-state index contributed by atoms with van der Waals surface area (Å²) in [5.41, 5.74) is -0.184. The van der Waals surface area contributed by atoms with Gasteiger partial charge in [0.25, 0.3) is 5.91 Å². The lowest BCUT2D eigenvalue weighted by Gasteiger charge is -2.35. The fourth-order valence-corrected chi connectivity index (χ4v) is 6.36. The van der Waals surface area contributed by atoms with Crippen LogP contribution in [0.15, 0.2) is 35.2 Å². The van der Waals surface area contributed by atoms with Gasteiger partial charge < -0.3 is 15.5 Å². The molecule has 2 aliphatic rings. The van der Waals surface area contributed by atoms with E-state index in [9.17, 15) is 24.6 Å². The number of nitrogens with zero attached hydrogens (tertiary/aromatic N) is 7. The second-order valence-corrected chi connectivity index (χ2v) is 12.3. The zero-order valence-corrected chi connectivity index (χ0v) is 25.7. The van der Waals surface area contributed by atoms with E-state index in [2.05, 4.69) is 46.3 Å². The summed E-state index contributed by atoms with van der Waals surface area (Å²) in [5.74, 6) is -0.976. The molecule has 13 nitrogen and oxygen atoms in total. The van der Waals surface area contributed by atoms with Crippen LogP contribution in [0.25, 0.3) is 22.2 Å². The van der Waals surface area contributed by atoms with E-state index in [-0.39, 0.29) is 23.7 Å². The van der Waals surface area contributed by atoms with E-state index in [1.807, 2.05) is 0 Å². The third-order valence-electron chi connectivity index (χ3n) is 8.37. The summed E-state index contributed by atoms with van der Waals surface area (Å²) in [6.07, 6.45) is 2.19. The number of anilines is 1. The minimum atomic E-state index is -2.26. The normalized spacial score (nSPS) is 24.2. The van der Waals surface area contributed by atoms with Gasteiger partial charge in [0, 0.05) is 42.1 Å². The first-order chi connectivity index (χ1) is 20.2. The molecule has 2 amide bonds. The summed E-state index contributed by atoms with van der Waals surface area (Å²) >= 11 is 3.28. The Labute approximate surface area is 254 Å². The summed E-state index contributed by atoms with van der Waals surface area (Å²) in [7, 11) is 0. The van der Waals surface area contributed by atoms with E-state index in [0.29, 0.717) is 43.8 Å². The lowest BCUT2D eigenvalue weighted by atomic mass is 9.97. The Morgan fingerprint density at radius 1 is 1.14 bits per heavy atom. The SMILES string of the molecule is CC(=O)c1nn(CC(=O)N2[C@@H]3C(O)[C@]3(C)C[C@@]2(O)C(=O)Nc2nc(Br)ccc2C)c2c(C)nc(-c3cnc(C)nc3)cc12. The molecule has 0 aromatic carbocycles. The molecule has 4 aromatic heterocycles. The minimum absolute atomic E-state index is 0.143. The smallest absolute Gasteiger partial charge is 0.278 e. The molecule has 222 valence electrons. The number of Topliss-reactive ketones (excluding diaryl/α,β-unsaturated/α-hetero) is 1. The third kappa shape index (κ3) is 4.60. The first-order valence-corrected chi connectivity index (χ1v) is 14.4. The van der Waals surface area contributed by atoms with Crippen molar-refractivity contribution in [1.29, 1.82) is 0 Å². The van der Waals surface area contributed by atoms with Crippen molar-refractivity contribution < 1.29 is 24.6 Å². The summed E-state index contributed by atoms with van der Waals surface area (Å²) in [5, 5.41) is 30.0. The number of aryl methyl sites for hydroxylation is 3. The molecule has 0 radical (unpaired) electrons. The van der Waals surface area contributed by atoms with Gasteiger partial charge in [0.05, 0.1) is 29.1 Å². The molecule has 0 bridgehead atoms. The maximum absolute atomic E-state index is 14.0. The zero-order valence-electron chi connectivity index (χ0n) is 24.1. The Balaban J connectivity index is 1.36. The van der Waals surface area contributed by atoms with Crippen molar-refractivity contribution in [3.63, 3.8) is 0 Å². The van der Waals surface area contributed by atoms with Crippen LogP contribution in [0.4, 0.5) is 5.82 Å². The summed E-state index contributed by atoms with van der Waals surface area (Å²) in [4.78, 5) is 58.6. The number of carbonyl (C=O) groups excluding carboxylic acids is 3. The topological polar surface area (TPSA) is 176 Å². The van der Waals surface area contributed by atoms with Crippen molar-refractivity contribution in [3.8, 4) is 11.3 Å². The standard InChI is InChI=1S/C29H29BrN8O5/c1-13-6-7-20(30)34-26(13)35-27(42)29(43)12-28(5)24(25(28)41)38(29)21(40)11-37-23-14(2)33-19(17-9-31-16(4)32-10-17)8-18(23)22(36-37)15(3)39/h6-10,24-25,41,43H,11-12H2,1-5H3,(H,34,35,42)/t24-,25?,28-,29-/m1/s1. The molecule has 4 atom stereocenters. The Kier molecular flexibility index (Phi) is 6.71. The third-order valence-corrected chi connectivity index (χ3v) is 8.81. The van der Waals surface area contributed by atoms with E-state index < -0.39 is 41.6 Å². The summed E-state index contributed by atoms with van der Waals surface area (Å²) in [6.45, 7) is 7.95. The highest BCUT2D eigenvalue weighted by Gasteiger charge is 2.77. The number of aliphatic hydroxyl groups excluding tert-OH is 1. The number of amides is 2. The largest absolute Gasteiger partial charge is 0.390 e. The number of halogens is 1. The van der Waals surface area contributed by atoms with E-state index in [0.717, 1.165) is 4.90 Å². The molecular formula is C29H29BrN8O5. The van der Waals surface area contributed by atoms with Gasteiger partial charge in [-0.3, -0.25) is 28.9 Å². The van der Waals surface area contributed by atoms with Crippen LogP contribution < -0.4 is 5.32 Å². The molecule has 1 aliphatic carbocycles. The van der Waals surface area contributed by atoms with Crippen molar-refractivity contribution in [3.05, 3.63) is 58.0 Å². The fraction of sp³-hybridized carbons (Fsp3) is 0.379. The van der Waals surface area contributed by atoms with Gasteiger partial charge in [0.1, 0.15) is 28.5 Å². The molecular weight excluding hydrogens is 620 g/mol. The van der Waals surface area contributed by atoms with Crippen LogP contribution in [-0.4, -0.2) is 80.3 Å². The maximum atomic E-state index is 14.0. The minimum Gasteiger partial charge on any atom is -0.390 e. The molecule has 2 fully saturated rings. The van der Waals surface area contributed by atoms with E-state index >= 15 is 0 Å². The van der Waals surface area contributed by atoms with Crippen LogP contribution in [-0.2, 0) is 16.1 Å². The fourth-order valence-electron chi connectivity index (χ4n) is 6.05. The van der Waals surface area contributed by atoms with Gasteiger partial charge in [-0.05, 0) is 54.4 Å². The molecule has 4 aromatic rings. The molecule has 1 unspecified atom stereocenters. The van der Waals surface area contributed by atoms with Gasteiger partial charge in [0.15, 0.2) is 5.78 Å². The molecule has 5 heterocycles. The molecule has 1 saturated carbocycles. The van der Waals surface area contributed by atoms with Gasteiger partial charge in [-0.2, -0.15) is 5.10 Å². The van der Waals surface area contributed by atoms with Crippen molar-refractivity contribution in [1.82, 2.24) is 34.6 Å². The number of ketones is 1. The predicted octanol–water partition coefficient (Wildman–Crippen LogP) is 2.48. The second-order valence-electron chi connectivity index (χ2n) is 11.5. The Hall–Kier alpha value is -4.14. The number of nitrogens with one attached hydrogen (secondary N) is 1. The summed E-state index contributed by atoms with van der Waals surface area (Å²) < 4.78 is 1.84. The number of carbonyl (C=O) groups is 3.